The number of nitrogens with zero attached hydrogens (tertiary/aromatic N) is 7. The van der Waals surface area contributed by atoms with Crippen LogP contribution in [0.4, 0.5) is 31.8 Å². The summed E-state index contributed by atoms with van der Waals surface area (Å²) < 4.78 is 59.1. The van der Waals surface area contributed by atoms with Crippen molar-refractivity contribution < 1.29 is 22.1 Å². The molecule has 0 saturated carbocycles. The summed E-state index contributed by atoms with van der Waals surface area (Å²) in [5, 5.41) is 15.8. The van der Waals surface area contributed by atoms with Gasteiger partial charge in [-0.15, -0.1) is 0 Å². The van der Waals surface area contributed by atoms with Crippen LogP contribution < -0.4 is 10.2 Å². The number of likely N-dealkylation sites (N-methyl/N-ethyl adjacent to an activating group) is 2. The number of anilines is 3. The normalized spacial score (nSPS) is 11.9. The van der Waals surface area contributed by atoms with E-state index in [2.05, 4.69) is 10.3 Å². The van der Waals surface area contributed by atoms with Crippen molar-refractivity contribution in [3.63, 3.8) is 0 Å². The van der Waals surface area contributed by atoms with Gasteiger partial charge in [0.15, 0.2) is 17.3 Å². The number of fused-ring (bicyclic) bond motifs is 2. The van der Waals surface area contributed by atoms with Crippen molar-refractivity contribution in [2.24, 2.45) is 7.05 Å². The predicted octanol–water partition coefficient (Wildman–Crippen LogP) is 6.06. The van der Waals surface area contributed by atoms with Crippen molar-refractivity contribution >= 4 is 55.0 Å². The van der Waals surface area contributed by atoms with Crippen molar-refractivity contribution in [1.82, 2.24) is 23.4 Å². The number of rotatable bonds is 10. The van der Waals surface area contributed by atoms with Crippen LogP contribution in [0.1, 0.15) is 5.56 Å². The van der Waals surface area contributed by atoms with Gasteiger partial charge in [0.25, 0.3) is 15.7 Å². The van der Waals surface area contributed by atoms with Crippen LogP contribution in [0.25, 0.3) is 33.2 Å². The van der Waals surface area contributed by atoms with E-state index in [1.807, 2.05) is 25.9 Å². The number of hydrogen-bond acceptors (Lipinski definition) is 9. The maximum atomic E-state index is 14.5. The van der Waals surface area contributed by atoms with Crippen molar-refractivity contribution in [2.75, 3.05) is 44.4 Å². The molecule has 0 bridgehead atoms. The molecule has 6 aromatic rings. The second-order valence-corrected chi connectivity index (χ2v) is 13.6. The van der Waals surface area contributed by atoms with E-state index in [0.29, 0.717) is 40.6 Å². The summed E-state index contributed by atoms with van der Waals surface area (Å²) in [6.45, 7) is 3.07. The lowest BCUT2D eigenvalue weighted by Gasteiger charge is -2.21. The minimum absolute atomic E-state index is 0.0113. The average molecular weight is 675 g/mol. The summed E-state index contributed by atoms with van der Waals surface area (Å²) in [6, 6.07) is 14.7. The van der Waals surface area contributed by atoms with Gasteiger partial charge in [-0.3, -0.25) is 10.1 Å². The molecule has 12 nitrogen and oxygen atoms in total. The van der Waals surface area contributed by atoms with Crippen molar-refractivity contribution in [3.05, 3.63) is 100 Å². The molecule has 3 heterocycles. The quantitative estimate of drug-likeness (QED) is 0.136. The van der Waals surface area contributed by atoms with Gasteiger partial charge in [0.05, 0.1) is 21.0 Å². The molecular weight excluding hydrogens is 642 g/mol. The minimum Gasteiger partial charge on any atom is -0.368 e. The lowest BCUT2D eigenvalue weighted by atomic mass is 10.1. The third kappa shape index (κ3) is 5.93. The van der Waals surface area contributed by atoms with E-state index in [1.54, 1.807) is 60.1 Å². The maximum Gasteiger partial charge on any atom is 0.294 e. The Balaban J connectivity index is 1.53. The first-order valence-corrected chi connectivity index (χ1v) is 16.3. The molecular formula is C33H32F2N8O4S. The first-order chi connectivity index (χ1) is 22.7. The summed E-state index contributed by atoms with van der Waals surface area (Å²) >= 11 is 0. The van der Waals surface area contributed by atoms with Crippen LogP contribution in [-0.4, -0.2) is 71.0 Å². The Morgan fingerprint density at radius 3 is 2.33 bits per heavy atom. The number of nitro groups is 1. The Morgan fingerprint density at radius 2 is 1.65 bits per heavy atom. The van der Waals surface area contributed by atoms with Gasteiger partial charge in [0, 0.05) is 73.7 Å². The van der Waals surface area contributed by atoms with E-state index in [-0.39, 0.29) is 33.6 Å². The summed E-state index contributed by atoms with van der Waals surface area (Å²) in [6.07, 6.45) is 3.00. The number of benzene rings is 3. The smallest absolute Gasteiger partial charge is 0.294 e. The molecule has 0 amide bonds. The third-order valence-corrected chi connectivity index (χ3v) is 9.78. The van der Waals surface area contributed by atoms with Gasteiger partial charge in [0.1, 0.15) is 5.69 Å². The van der Waals surface area contributed by atoms with Crippen molar-refractivity contribution in [3.8, 4) is 11.3 Å². The Bertz CT molecular complexity index is 2320. The van der Waals surface area contributed by atoms with Gasteiger partial charge in [-0.05, 0) is 57.4 Å². The van der Waals surface area contributed by atoms with Crippen LogP contribution in [0, 0.1) is 28.7 Å². The molecule has 3 aromatic carbocycles. The standard InChI is InChI=1S/C33H32F2N8O4S/c1-20-6-9-22(10-7-20)48(46,47)42-13-12-23-31(25-19-41(5)29-18-27(35)26(34)17-24(25)29)37-33(38-32(23)42)36-21-8-11-28(30(16-21)43(44)45)40(4)15-14-39(2)3/h6-13,16-19H,14-15H2,1-5H3,(H,36,37,38). The summed E-state index contributed by atoms with van der Waals surface area (Å²) in [5.41, 5.74) is 2.46. The molecule has 0 atom stereocenters. The molecule has 0 spiro atoms. The topological polar surface area (TPSA) is 131 Å². The van der Waals surface area contributed by atoms with Crippen LogP contribution in [0.3, 0.4) is 0 Å². The van der Waals surface area contributed by atoms with Crippen LogP contribution in [-0.2, 0) is 17.1 Å². The summed E-state index contributed by atoms with van der Waals surface area (Å²) in [7, 11) is 3.13. The highest BCUT2D eigenvalue weighted by Crippen LogP contribution is 2.37. The van der Waals surface area contributed by atoms with Gasteiger partial charge < -0.3 is 19.7 Å². The van der Waals surface area contributed by atoms with E-state index in [4.69, 9.17) is 4.98 Å². The summed E-state index contributed by atoms with van der Waals surface area (Å²) in [5.74, 6) is -2.14. The molecule has 0 fully saturated rings. The number of nitro benzene ring substituents is 1. The maximum absolute atomic E-state index is 14.5. The Labute approximate surface area is 275 Å². The number of aryl methyl sites for hydroxylation is 2. The molecule has 3 aromatic heterocycles. The van der Waals surface area contributed by atoms with Gasteiger partial charge in [-0.1, -0.05) is 17.7 Å². The fourth-order valence-corrected chi connectivity index (χ4v) is 6.80. The Morgan fingerprint density at radius 1 is 0.938 bits per heavy atom. The van der Waals surface area contributed by atoms with E-state index in [9.17, 15) is 27.3 Å². The molecule has 1 N–H and O–H groups in total. The largest absolute Gasteiger partial charge is 0.368 e. The molecule has 48 heavy (non-hydrogen) atoms. The zero-order valence-corrected chi connectivity index (χ0v) is 27.6. The molecule has 0 saturated heterocycles. The summed E-state index contributed by atoms with van der Waals surface area (Å²) in [4.78, 5) is 24.7. The van der Waals surface area contributed by atoms with Crippen molar-refractivity contribution in [1.29, 1.82) is 0 Å². The molecule has 0 aliphatic rings. The number of halogens is 2. The molecule has 6 rings (SSSR count). The van der Waals surface area contributed by atoms with Crippen molar-refractivity contribution in [2.45, 2.75) is 11.8 Å². The van der Waals surface area contributed by atoms with Crippen LogP contribution in [0.5, 0.6) is 0 Å². The SMILES string of the molecule is Cc1ccc(S(=O)(=O)n2ccc3c(-c4cn(C)c5cc(F)c(F)cc45)nc(Nc4ccc(N(C)CCN(C)C)c([N+](=O)[O-])c4)nc32)cc1. The van der Waals surface area contributed by atoms with Crippen LogP contribution in [0.2, 0.25) is 0 Å². The molecule has 0 radical (unpaired) electrons. The first kappa shape index (κ1) is 32.5. The van der Waals surface area contributed by atoms with Gasteiger partial charge in [-0.2, -0.15) is 4.98 Å². The molecule has 0 aliphatic carbocycles. The second kappa shape index (κ2) is 12.3. The Kier molecular flexibility index (Phi) is 8.35. The molecule has 248 valence electrons. The zero-order valence-electron chi connectivity index (χ0n) is 26.8. The minimum atomic E-state index is -4.14. The zero-order chi connectivity index (χ0) is 34.5. The van der Waals surface area contributed by atoms with E-state index < -0.39 is 26.6 Å². The third-order valence-electron chi connectivity index (χ3n) is 8.10. The first-order valence-electron chi connectivity index (χ1n) is 14.8. The average Bonchev–Trinajstić information content (AvgIpc) is 3.61. The fourth-order valence-electron chi connectivity index (χ4n) is 5.51. The Hall–Kier alpha value is -5.41. The van der Waals surface area contributed by atoms with Crippen LogP contribution in [0.15, 0.2) is 78.0 Å². The molecule has 0 aliphatic heterocycles. The predicted molar refractivity (Wildman–Crippen MR) is 181 cm³/mol. The fraction of sp³-hybridized carbons (Fsp3) is 0.212. The highest BCUT2D eigenvalue weighted by molar-refractivity contribution is 7.90. The second-order valence-electron chi connectivity index (χ2n) is 11.8. The van der Waals surface area contributed by atoms with E-state index >= 15 is 0 Å². The lowest BCUT2D eigenvalue weighted by molar-refractivity contribution is -0.384. The van der Waals surface area contributed by atoms with E-state index in [0.717, 1.165) is 21.7 Å². The highest BCUT2D eigenvalue weighted by atomic mass is 32.2. The van der Waals surface area contributed by atoms with Gasteiger partial charge >= 0.3 is 0 Å². The monoisotopic (exact) mass is 674 g/mol. The molecule has 15 heteroatoms. The van der Waals surface area contributed by atoms with E-state index in [1.165, 1.54) is 24.4 Å². The number of hydrogen-bond donors (Lipinski definition) is 1. The number of nitrogens with one attached hydrogen (secondary N) is 1. The van der Waals surface area contributed by atoms with Gasteiger partial charge in [0.2, 0.25) is 5.95 Å². The lowest BCUT2D eigenvalue weighted by Crippen LogP contribution is -2.28. The highest BCUT2D eigenvalue weighted by Gasteiger charge is 2.25. The number of aromatic nitrogens is 4. The van der Waals surface area contributed by atoms with Crippen LogP contribution >= 0.6 is 0 Å². The van der Waals surface area contributed by atoms with Gasteiger partial charge in [-0.25, -0.2) is 26.2 Å². The molecule has 0 unspecified atom stereocenters.